The molecule has 2 aromatic carbocycles. The van der Waals surface area contributed by atoms with Crippen LogP contribution in [0, 0.1) is 6.92 Å². The molecule has 0 unspecified atom stereocenters. The zero-order valence-corrected chi connectivity index (χ0v) is 25.1. The molecule has 0 saturated heterocycles. The Labute approximate surface area is 232 Å². The maximum atomic E-state index is 11.1. The van der Waals surface area contributed by atoms with Crippen LogP contribution in [0.1, 0.15) is 118 Å². The van der Waals surface area contributed by atoms with Crippen LogP contribution >= 0.6 is 11.6 Å². The first-order valence-corrected chi connectivity index (χ1v) is 15.0. The van der Waals surface area contributed by atoms with Crippen molar-refractivity contribution in [2.24, 2.45) is 0 Å². The van der Waals surface area contributed by atoms with Crippen molar-refractivity contribution in [3.05, 3.63) is 69.7 Å². The summed E-state index contributed by atoms with van der Waals surface area (Å²) >= 11 is 6.07. The van der Waals surface area contributed by atoms with Crippen molar-refractivity contribution in [1.29, 1.82) is 0 Å². The van der Waals surface area contributed by atoms with E-state index in [1.807, 2.05) is 37.3 Å². The lowest BCUT2D eigenvalue weighted by molar-refractivity contribution is -0.890. The largest absolute Gasteiger partial charge is 0.478 e. The van der Waals surface area contributed by atoms with Crippen molar-refractivity contribution in [3.63, 3.8) is 0 Å². The first kappa shape index (κ1) is 33.2. The van der Waals surface area contributed by atoms with Gasteiger partial charge in [-0.05, 0) is 61.4 Å². The van der Waals surface area contributed by atoms with Gasteiger partial charge in [-0.3, -0.25) is 0 Å². The summed E-state index contributed by atoms with van der Waals surface area (Å²) in [7, 11) is 4.78. The molecule has 0 aliphatic rings. The molecule has 37 heavy (non-hydrogen) atoms. The highest BCUT2D eigenvalue weighted by Crippen LogP contribution is 2.22. The highest BCUT2D eigenvalue weighted by atomic mass is 35.5. The van der Waals surface area contributed by atoms with Crippen molar-refractivity contribution in [2.75, 3.05) is 27.2 Å². The van der Waals surface area contributed by atoms with E-state index in [1.54, 1.807) is 12.1 Å². The quantitative estimate of drug-likeness (QED) is 0.163. The highest BCUT2D eigenvalue weighted by molar-refractivity contribution is 6.31. The number of nitrogens with zero attached hydrogens (tertiary/aromatic N) is 1. The van der Waals surface area contributed by atoms with Crippen LogP contribution < -0.4 is 0 Å². The molecule has 0 aromatic heterocycles. The molecular formula is C33H53ClNO2+. The molecule has 0 fully saturated rings. The van der Waals surface area contributed by atoms with Crippen LogP contribution in [0.5, 0.6) is 0 Å². The Balaban J connectivity index is 0.000000370. The van der Waals surface area contributed by atoms with Gasteiger partial charge in [0.15, 0.2) is 0 Å². The number of hydrogen-bond donors (Lipinski definition) is 1. The number of benzene rings is 2. The SMILES string of the molecule is CCCCCCCCCCCC[N+](C)(C)CCCC.Cc1c(Cl)cccc1Cc1ccccc1C(=O)O. The van der Waals surface area contributed by atoms with Gasteiger partial charge in [-0.25, -0.2) is 4.79 Å². The smallest absolute Gasteiger partial charge is 0.335 e. The van der Waals surface area contributed by atoms with Gasteiger partial charge in [-0.1, -0.05) is 114 Å². The number of quaternary nitrogens is 1. The number of rotatable bonds is 17. The highest BCUT2D eigenvalue weighted by Gasteiger charge is 2.13. The minimum absolute atomic E-state index is 0.344. The third kappa shape index (κ3) is 14.6. The fourth-order valence-electron chi connectivity index (χ4n) is 4.66. The molecule has 0 radical (unpaired) electrons. The number of carboxylic acid groups (broad SMARTS) is 1. The van der Waals surface area contributed by atoms with Gasteiger partial charge in [0.2, 0.25) is 0 Å². The van der Waals surface area contributed by atoms with Crippen LogP contribution in [0.25, 0.3) is 0 Å². The molecule has 0 bridgehead atoms. The van der Waals surface area contributed by atoms with E-state index in [4.69, 9.17) is 16.7 Å². The van der Waals surface area contributed by atoms with Crippen molar-refractivity contribution < 1.29 is 14.4 Å². The van der Waals surface area contributed by atoms with E-state index in [1.165, 1.54) is 94.6 Å². The average molecular weight is 531 g/mol. The first-order valence-electron chi connectivity index (χ1n) is 14.6. The molecule has 2 rings (SSSR count). The second-order valence-corrected chi connectivity index (χ2v) is 11.5. The van der Waals surface area contributed by atoms with Crippen LogP contribution in [0.2, 0.25) is 5.02 Å². The number of carbonyl (C=O) groups is 1. The van der Waals surface area contributed by atoms with E-state index in [9.17, 15) is 4.79 Å². The second-order valence-electron chi connectivity index (χ2n) is 11.1. The van der Waals surface area contributed by atoms with Crippen molar-refractivity contribution in [1.82, 2.24) is 0 Å². The molecule has 0 aliphatic carbocycles. The molecule has 0 spiro atoms. The van der Waals surface area contributed by atoms with E-state index >= 15 is 0 Å². The maximum absolute atomic E-state index is 11.1. The van der Waals surface area contributed by atoms with Crippen molar-refractivity contribution in [3.8, 4) is 0 Å². The number of unbranched alkanes of at least 4 members (excludes halogenated alkanes) is 10. The van der Waals surface area contributed by atoms with Gasteiger partial charge in [-0.2, -0.15) is 0 Å². The minimum atomic E-state index is -0.898. The zero-order chi connectivity index (χ0) is 27.5. The third-order valence-electron chi connectivity index (χ3n) is 7.24. The fourth-order valence-corrected chi connectivity index (χ4v) is 4.85. The molecule has 4 heteroatoms. The lowest BCUT2D eigenvalue weighted by atomic mass is 9.97. The molecule has 3 nitrogen and oxygen atoms in total. The van der Waals surface area contributed by atoms with Crippen LogP contribution in [0.15, 0.2) is 42.5 Å². The predicted octanol–water partition coefficient (Wildman–Crippen LogP) is 9.72. The van der Waals surface area contributed by atoms with Gasteiger partial charge in [-0.15, -0.1) is 0 Å². The molecule has 0 heterocycles. The number of carboxylic acids is 1. The second kappa shape index (κ2) is 19.3. The average Bonchev–Trinajstić information content (AvgIpc) is 2.87. The molecule has 0 saturated carbocycles. The Bertz CT molecular complexity index is 894. The van der Waals surface area contributed by atoms with Crippen LogP contribution in [-0.4, -0.2) is 42.7 Å². The van der Waals surface area contributed by atoms with Gasteiger partial charge < -0.3 is 9.59 Å². The van der Waals surface area contributed by atoms with E-state index in [2.05, 4.69) is 27.9 Å². The molecular weight excluding hydrogens is 478 g/mol. The summed E-state index contributed by atoms with van der Waals surface area (Å²) in [5, 5.41) is 9.85. The Kier molecular flexibility index (Phi) is 17.3. The molecule has 0 atom stereocenters. The van der Waals surface area contributed by atoms with Gasteiger partial charge >= 0.3 is 5.97 Å². The Morgan fingerprint density at radius 3 is 1.84 bits per heavy atom. The van der Waals surface area contributed by atoms with Gasteiger partial charge in [0.25, 0.3) is 0 Å². The summed E-state index contributed by atoms with van der Waals surface area (Å²) < 4.78 is 1.23. The predicted molar refractivity (Wildman–Crippen MR) is 161 cm³/mol. The fraction of sp³-hybridized carbons (Fsp3) is 0.606. The Hall–Kier alpha value is -1.84. The molecule has 0 aliphatic heterocycles. The van der Waals surface area contributed by atoms with E-state index in [0.29, 0.717) is 17.0 Å². The summed E-state index contributed by atoms with van der Waals surface area (Å²) in [5.41, 5.74) is 3.20. The number of halogens is 1. The van der Waals surface area contributed by atoms with Gasteiger partial charge in [0.05, 0.1) is 32.7 Å². The summed E-state index contributed by atoms with van der Waals surface area (Å²) in [6.45, 7) is 9.26. The third-order valence-corrected chi connectivity index (χ3v) is 7.65. The summed E-state index contributed by atoms with van der Waals surface area (Å²) in [6.07, 6.45) is 17.8. The lowest BCUT2D eigenvalue weighted by Crippen LogP contribution is -2.41. The standard InChI is InChI=1S/C18H40N.C15H13ClO2/c1-5-7-9-10-11-12-13-14-15-16-18-19(3,4)17-8-6-2;1-10-11(6-4-8-14(10)16)9-12-5-2-3-7-13(12)15(17)18/h5-18H2,1-4H3;2-8H,9H2,1H3,(H,17,18)/q+1;. The van der Waals surface area contributed by atoms with E-state index < -0.39 is 5.97 Å². The van der Waals surface area contributed by atoms with Crippen molar-refractivity contribution in [2.45, 2.75) is 104 Å². The minimum Gasteiger partial charge on any atom is -0.478 e. The first-order chi connectivity index (χ1) is 17.7. The van der Waals surface area contributed by atoms with Gasteiger partial charge in [0.1, 0.15) is 0 Å². The van der Waals surface area contributed by atoms with E-state index in [0.717, 1.165) is 16.7 Å². The monoisotopic (exact) mass is 530 g/mol. The maximum Gasteiger partial charge on any atom is 0.335 e. The molecule has 0 amide bonds. The molecule has 1 N–H and O–H groups in total. The van der Waals surface area contributed by atoms with Crippen molar-refractivity contribution >= 4 is 17.6 Å². The van der Waals surface area contributed by atoms with Crippen LogP contribution in [-0.2, 0) is 6.42 Å². The summed E-state index contributed by atoms with van der Waals surface area (Å²) in [4.78, 5) is 11.1. The Morgan fingerprint density at radius 1 is 0.730 bits per heavy atom. The lowest BCUT2D eigenvalue weighted by Gasteiger charge is -2.29. The van der Waals surface area contributed by atoms with Gasteiger partial charge in [0, 0.05) is 5.02 Å². The summed E-state index contributed by atoms with van der Waals surface area (Å²) in [6, 6.07) is 12.7. The topological polar surface area (TPSA) is 37.3 Å². The van der Waals surface area contributed by atoms with E-state index in [-0.39, 0.29) is 0 Å². The molecule has 2 aromatic rings. The van der Waals surface area contributed by atoms with Crippen LogP contribution in [0.3, 0.4) is 0 Å². The zero-order valence-electron chi connectivity index (χ0n) is 24.3. The number of hydrogen-bond acceptors (Lipinski definition) is 1. The number of aromatic carboxylic acids is 1. The van der Waals surface area contributed by atoms with Crippen LogP contribution in [0.4, 0.5) is 0 Å². The summed E-state index contributed by atoms with van der Waals surface area (Å²) in [5.74, 6) is -0.898. The Morgan fingerprint density at radius 2 is 1.24 bits per heavy atom. The molecule has 208 valence electrons. The normalized spacial score (nSPS) is 11.2.